The molecule has 2 heterocycles. The number of benzene rings is 1. The van der Waals surface area contributed by atoms with Gasteiger partial charge in [0.25, 0.3) is 0 Å². The number of rotatable bonds is 8. The molecule has 2 N–H and O–H groups in total. The van der Waals surface area contributed by atoms with Gasteiger partial charge >= 0.3 is 0 Å². The Kier molecular flexibility index (Phi) is 8.07. The van der Waals surface area contributed by atoms with Crippen LogP contribution in [0.2, 0.25) is 0 Å². The average molecular weight is 400 g/mol. The molecule has 1 atom stereocenters. The van der Waals surface area contributed by atoms with Crippen LogP contribution in [0.4, 0.5) is 0 Å². The topological polar surface area (TPSA) is 74.9 Å². The van der Waals surface area contributed by atoms with E-state index in [1.165, 1.54) is 5.56 Å². The van der Waals surface area contributed by atoms with Crippen LogP contribution in [-0.4, -0.2) is 61.8 Å². The second-order valence-electron chi connectivity index (χ2n) is 7.60. The molecule has 1 fully saturated rings. The van der Waals surface area contributed by atoms with E-state index >= 15 is 0 Å². The normalized spacial score (nSPS) is 16.6. The highest BCUT2D eigenvalue weighted by molar-refractivity contribution is 5.79. The number of nitrogens with zero attached hydrogens (tertiary/aromatic N) is 3. The Morgan fingerprint density at radius 3 is 2.69 bits per heavy atom. The molecule has 1 aliphatic rings. The minimum atomic E-state index is 0.475. The van der Waals surface area contributed by atoms with Gasteiger partial charge in [-0.05, 0) is 31.9 Å². The molecule has 0 radical (unpaired) electrons. The van der Waals surface area contributed by atoms with Gasteiger partial charge in [-0.15, -0.1) is 0 Å². The van der Waals surface area contributed by atoms with E-state index in [1.54, 1.807) is 6.26 Å². The standard InChI is InChI=1S/C22H33N5O2/c1-4-23-22(24-13-18(3)15-27-9-11-28-12-10-27)25-14-20-16-29-21(26-20)19-7-5-17(2)6-8-19/h5-8,16,18H,4,9-15H2,1-3H3,(H2,23,24,25). The summed E-state index contributed by atoms with van der Waals surface area (Å²) in [6, 6.07) is 8.16. The van der Waals surface area contributed by atoms with E-state index in [2.05, 4.69) is 58.4 Å². The van der Waals surface area contributed by atoms with Gasteiger partial charge in [-0.25, -0.2) is 9.98 Å². The Morgan fingerprint density at radius 1 is 1.21 bits per heavy atom. The monoisotopic (exact) mass is 399 g/mol. The fraction of sp³-hybridized carbons (Fsp3) is 0.545. The average Bonchev–Trinajstić information content (AvgIpc) is 3.20. The Bertz CT molecular complexity index is 766. The molecule has 0 saturated carbocycles. The summed E-state index contributed by atoms with van der Waals surface area (Å²) in [5.74, 6) is 1.96. The van der Waals surface area contributed by atoms with E-state index in [0.29, 0.717) is 18.4 Å². The van der Waals surface area contributed by atoms with E-state index < -0.39 is 0 Å². The molecule has 158 valence electrons. The molecular formula is C22H33N5O2. The first-order valence-corrected chi connectivity index (χ1v) is 10.5. The summed E-state index contributed by atoms with van der Waals surface area (Å²) in [6.45, 7) is 13.4. The van der Waals surface area contributed by atoms with E-state index in [4.69, 9.17) is 9.15 Å². The van der Waals surface area contributed by atoms with Crippen LogP contribution in [0.5, 0.6) is 0 Å². The maximum absolute atomic E-state index is 5.63. The number of morpholine rings is 1. The van der Waals surface area contributed by atoms with Gasteiger partial charge in [-0.2, -0.15) is 0 Å². The maximum Gasteiger partial charge on any atom is 0.226 e. The van der Waals surface area contributed by atoms with Gasteiger partial charge in [-0.3, -0.25) is 4.90 Å². The number of aliphatic imine (C=N–C) groups is 1. The first-order chi connectivity index (χ1) is 14.1. The maximum atomic E-state index is 5.63. The van der Waals surface area contributed by atoms with Gasteiger partial charge in [0.15, 0.2) is 5.96 Å². The van der Waals surface area contributed by atoms with Crippen molar-refractivity contribution in [3.8, 4) is 11.5 Å². The highest BCUT2D eigenvalue weighted by atomic mass is 16.5. The fourth-order valence-electron chi connectivity index (χ4n) is 3.27. The summed E-state index contributed by atoms with van der Waals surface area (Å²) in [7, 11) is 0. The molecule has 29 heavy (non-hydrogen) atoms. The molecule has 0 aliphatic carbocycles. The molecule has 0 bridgehead atoms. The Balaban J connectivity index is 1.51. The van der Waals surface area contributed by atoms with Crippen LogP contribution in [0.15, 0.2) is 39.9 Å². The van der Waals surface area contributed by atoms with Crippen LogP contribution in [-0.2, 0) is 11.3 Å². The lowest BCUT2D eigenvalue weighted by Gasteiger charge is -2.29. The molecular weight excluding hydrogens is 366 g/mol. The molecule has 1 unspecified atom stereocenters. The van der Waals surface area contributed by atoms with E-state index in [1.807, 2.05) is 12.1 Å². The van der Waals surface area contributed by atoms with Crippen molar-refractivity contribution in [1.29, 1.82) is 0 Å². The molecule has 0 amide bonds. The predicted octanol–water partition coefficient (Wildman–Crippen LogP) is 2.67. The first kappa shape index (κ1) is 21.3. The third-order valence-electron chi connectivity index (χ3n) is 4.89. The zero-order valence-corrected chi connectivity index (χ0v) is 17.8. The SMILES string of the molecule is CCNC(=NCc1coc(-c2ccc(C)cc2)n1)NCC(C)CN1CCOCC1. The summed E-state index contributed by atoms with van der Waals surface area (Å²) in [5.41, 5.74) is 3.02. The van der Waals surface area contributed by atoms with Gasteiger partial charge < -0.3 is 19.8 Å². The fourth-order valence-corrected chi connectivity index (χ4v) is 3.27. The lowest BCUT2D eigenvalue weighted by atomic mass is 10.1. The van der Waals surface area contributed by atoms with Crippen LogP contribution in [0.25, 0.3) is 11.5 Å². The quantitative estimate of drug-likeness (QED) is 0.525. The van der Waals surface area contributed by atoms with Crippen LogP contribution >= 0.6 is 0 Å². The molecule has 1 aliphatic heterocycles. The lowest BCUT2D eigenvalue weighted by Crippen LogP contribution is -2.44. The molecule has 7 nitrogen and oxygen atoms in total. The number of hydrogen-bond acceptors (Lipinski definition) is 5. The van der Waals surface area contributed by atoms with E-state index in [9.17, 15) is 0 Å². The van der Waals surface area contributed by atoms with Crippen molar-refractivity contribution in [2.24, 2.45) is 10.9 Å². The van der Waals surface area contributed by atoms with Crippen molar-refractivity contribution in [3.05, 3.63) is 41.8 Å². The molecule has 1 aromatic carbocycles. The first-order valence-electron chi connectivity index (χ1n) is 10.5. The molecule has 1 saturated heterocycles. The van der Waals surface area contributed by atoms with Gasteiger partial charge in [0, 0.05) is 38.3 Å². The van der Waals surface area contributed by atoms with E-state index in [-0.39, 0.29) is 0 Å². The van der Waals surface area contributed by atoms with Crippen molar-refractivity contribution in [3.63, 3.8) is 0 Å². The summed E-state index contributed by atoms with van der Waals surface area (Å²) in [6.07, 6.45) is 1.68. The largest absolute Gasteiger partial charge is 0.444 e. The van der Waals surface area contributed by atoms with Crippen molar-refractivity contribution in [2.75, 3.05) is 45.9 Å². The summed E-state index contributed by atoms with van der Waals surface area (Å²) < 4.78 is 11.0. The van der Waals surface area contributed by atoms with Crippen molar-refractivity contribution < 1.29 is 9.15 Å². The second-order valence-corrected chi connectivity index (χ2v) is 7.60. The van der Waals surface area contributed by atoms with Crippen LogP contribution in [0, 0.1) is 12.8 Å². The Hall–Kier alpha value is -2.38. The minimum Gasteiger partial charge on any atom is -0.444 e. The van der Waals surface area contributed by atoms with Gasteiger partial charge in [0.05, 0.1) is 19.8 Å². The number of hydrogen-bond donors (Lipinski definition) is 2. The van der Waals surface area contributed by atoms with Crippen molar-refractivity contribution in [2.45, 2.75) is 27.3 Å². The van der Waals surface area contributed by atoms with E-state index in [0.717, 1.165) is 63.2 Å². The highest BCUT2D eigenvalue weighted by Crippen LogP contribution is 2.19. The lowest BCUT2D eigenvalue weighted by molar-refractivity contribution is 0.0320. The summed E-state index contributed by atoms with van der Waals surface area (Å²) >= 11 is 0. The number of nitrogens with one attached hydrogen (secondary N) is 2. The molecule has 1 aromatic heterocycles. The molecule has 7 heteroatoms. The Morgan fingerprint density at radius 2 is 1.97 bits per heavy atom. The van der Waals surface area contributed by atoms with Gasteiger partial charge in [0.1, 0.15) is 12.0 Å². The zero-order chi connectivity index (χ0) is 20.5. The molecule has 2 aromatic rings. The predicted molar refractivity (Wildman–Crippen MR) is 116 cm³/mol. The summed E-state index contributed by atoms with van der Waals surface area (Å²) in [4.78, 5) is 11.7. The zero-order valence-electron chi connectivity index (χ0n) is 17.8. The van der Waals surface area contributed by atoms with Crippen molar-refractivity contribution in [1.82, 2.24) is 20.5 Å². The number of guanidine groups is 1. The smallest absolute Gasteiger partial charge is 0.226 e. The number of aryl methyl sites for hydroxylation is 1. The van der Waals surface area contributed by atoms with Crippen LogP contribution < -0.4 is 10.6 Å². The van der Waals surface area contributed by atoms with Crippen LogP contribution in [0.1, 0.15) is 25.1 Å². The third-order valence-corrected chi connectivity index (χ3v) is 4.89. The molecule has 0 spiro atoms. The Labute approximate surface area is 173 Å². The summed E-state index contributed by atoms with van der Waals surface area (Å²) in [5, 5.41) is 6.75. The van der Waals surface area contributed by atoms with Crippen molar-refractivity contribution >= 4 is 5.96 Å². The number of aromatic nitrogens is 1. The molecule has 3 rings (SSSR count). The second kappa shape index (κ2) is 11.0. The van der Waals surface area contributed by atoms with Gasteiger partial charge in [-0.1, -0.05) is 24.6 Å². The van der Waals surface area contributed by atoms with Gasteiger partial charge in [0.2, 0.25) is 5.89 Å². The number of ether oxygens (including phenoxy) is 1. The minimum absolute atomic E-state index is 0.475. The van der Waals surface area contributed by atoms with Crippen LogP contribution in [0.3, 0.4) is 0 Å². The third kappa shape index (κ3) is 6.87. The highest BCUT2D eigenvalue weighted by Gasteiger charge is 2.14. The number of oxazole rings is 1.